The molecule has 1 aliphatic heterocycles. The molecule has 2 fully saturated rings. The number of amides is 2. The summed E-state index contributed by atoms with van der Waals surface area (Å²) >= 11 is 0. The lowest BCUT2D eigenvalue weighted by atomic mass is 9.98. The van der Waals surface area contributed by atoms with E-state index in [1.54, 1.807) is 0 Å². The van der Waals surface area contributed by atoms with Gasteiger partial charge >= 0.3 is 0 Å². The molecule has 3 atom stereocenters. The molecule has 2 aromatic carbocycles. The second-order valence-electron chi connectivity index (χ2n) is 7.79. The highest BCUT2D eigenvalue weighted by Crippen LogP contribution is 2.40. The number of hydrogen-bond acceptors (Lipinski definition) is 3. The fourth-order valence-corrected chi connectivity index (χ4v) is 3.96. The molecule has 0 aromatic heterocycles. The SMILES string of the molecule is O=C(Cc1ccccc1NC(=O)C1CCCNC1)N[C@H]1C[C@@H]1c1ccccc1. The maximum atomic E-state index is 12.5. The lowest BCUT2D eigenvalue weighted by Gasteiger charge is -2.22. The zero-order chi connectivity index (χ0) is 19.3. The monoisotopic (exact) mass is 377 g/mol. The van der Waals surface area contributed by atoms with Gasteiger partial charge in [-0.2, -0.15) is 0 Å². The number of hydrogen-bond donors (Lipinski definition) is 3. The molecule has 1 aliphatic carbocycles. The summed E-state index contributed by atoms with van der Waals surface area (Å²) in [6.07, 6.45) is 3.19. The topological polar surface area (TPSA) is 70.2 Å². The molecule has 1 saturated heterocycles. The van der Waals surface area contributed by atoms with Crippen molar-refractivity contribution in [1.82, 2.24) is 10.6 Å². The molecule has 5 nitrogen and oxygen atoms in total. The van der Waals surface area contributed by atoms with E-state index in [1.165, 1.54) is 5.56 Å². The van der Waals surface area contributed by atoms with Crippen molar-refractivity contribution >= 4 is 17.5 Å². The fourth-order valence-electron chi connectivity index (χ4n) is 3.96. The van der Waals surface area contributed by atoms with Crippen molar-refractivity contribution in [3.63, 3.8) is 0 Å². The van der Waals surface area contributed by atoms with Crippen LogP contribution in [0, 0.1) is 5.92 Å². The average Bonchev–Trinajstić information content (AvgIpc) is 3.49. The van der Waals surface area contributed by atoms with Crippen LogP contribution in [0.5, 0.6) is 0 Å². The number of nitrogens with one attached hydrogen (secondary N) is 3. The van der Waals surface area contributed by atoms with Crippen LogP contribution in [0.1, 0.15) is 36.3 Å². The highest BCUT2D eigenvalue weighted by molar-refractivity contribution is 5.94. The Balaban J connectivity index is 1.33. The normalized spacial score (nSPS) is 23.6. The van der Waals surface area contributed by atoms with Crippen molar-refractivity contribution in [3.8, 4) is 0 Å². The summed E-state index contributed by atoms with van der Waals surface area (Å²) in [6.45, 7) is 1.70. The van der Waals surface area contributed by atoms with Gasteiger partial charge in [0, 0.05) is 24.2 Å². The van der Waals surface area contributed by atoms with Crippen LogP contribution in [0.25, 0.3) is 0 Å². The second kappa shape index (κ2) is 8.57. The third kappa shape index (κ3) is 4.60. The van der Waals surface area contributed by atoms with Crippen LogP contribution in [0.4, 0.5) is 5.69 Å². The van der Waals surface area contributed by atoms with Crippen LogP contribution in [0.3, 0.4) is 0 Å². The van der Waals surface area contributed by atoms with E-state index in [-0.39, 0.29) is 30.2 Å². The van der Waals surface area contributed by atoms with Gasteiger partial charge in [0.2, 0.25) is 11.8 Å². The summed E-state index contributed by atoms with van der Waals surface area (Å²) in [5, 5.41) is 9.43. The first kappa shape index (κ1) is 18.7. The lowest BCUT2D eigenvalue weighted by Crippen LogP contribution is -2.37. The molecule has 1 heterocycles. The zero-order valence-corrected chi connectivity index (χ0v) is 16.0. The van der Waals surface area contributed by atoms with Crippen molar-refractivity contribution in [1.29, 1.82) is 0 Å². The van der Waals surface area contributed by atoms with Crippen molar-refractivity contribution in [2.75, 3.05) is 18.4 Å². The highest BCUT2D eigenvalue weighted by atomic mass is 16.2. The molecule has 1 saturated carbocycles. The van der Waals surface area contributed by atoms with Crippen LogP contribution in [-0.2, 0) is 16.0 Å². The van der Waals surface area contributed by atoms with Crippen LogP contribution >= 0.6 is 0 Å². The first-order chi connectivity index (χ1) is 13.7. The van der Waals surface area contributed by atoms with E-state index >= 15 is 0 Å². The molecule has 0 radical (unpaired) electrons. The third-order valence-corrected chi connectivity index (χ3v) is 5.66. The van der Waals surface area contributed by atoms with Crippen LogP contribution in [0.15, 0.2) is 54.6 Å². The Morgan fingerprint density at radius 1 is 1.04 bits per heavy atom. The first-order valence-electron chi connectivity index (χ1n) is 10.1. The van der Waals surface area contributed by atoms with Crippen LogP contribution < -0.4 is 16.0 Å². The molecule has 1 unspecified atom stereocenters. The molecule has 0 spiro atoms. The van der Waals surface area contributed by atoms with Gasteiger partial charge in [-0.3, -0.25) is 9.59 Å². The molecule has 2 amide bonds. The summed E-state index contributed by atoms with van der Waals surface area (Å²) in [5.41, 5.74) is 2.87. The van der Waals surface area contributed by atoms with E-state index in [4.69, 9.17) is 0 Å². The Morgan fingerprint density at radius 2 is 1.82 bits per heavy atom. The van der Waals surface area contributed by atoms with Crippen LogP contribution in [-0.4, -0.2) is 30.9 Å². The van der Waals surface area contributed by atoms with Gasteiger partial charge in [0.15, 0.2) is 0 Å². The summed E-state index contributed by atoms with van der Waals surface area (Å²) in [5.74, 6) is 0.448. The number of anilines is 1. The largest absolute Gasteiger partial charge is 0.352 e. The summed E-state index contributed by atoms with van der Waals surface area (Å²) in [6, 6.07) is 18.1. The van der Waals surface area contributed by atoms with E-state index < -0.39 is 0 Å². The number of para-hydroxylation sites is 1. The number of carbonyl (C=O) groups is 2. The standard InChI is InChI=1S/C23H27N3O2/c27-22(25-21-14-19(21)16-7-2-1-3-8-16)13-17-9-4-5-11-20(17)26-23(28)18-10-6-12-24-15-18/h1-5,7-9,11,18-19,21,24H,6,10,12-15H2,(H,25,27)(H,26,28)/t18?,19-,21+/m1/s1. The molecular weight excluding hydrogens is 350 g/mol. The summed E-state index contributed by atoms with van der Waals surface area (Å²) in [7, 11) is 0. The van der Waals surface area contributed by atoms with Gasteiger partial charge in [-0.1, -0.05) is 48.5 Å². The van der Waals surface area contributed by atoms with E-state index in [0.29, 0.717) is 5.92 Å². The fraction of sp³-hybridized carbons (Fsp3) is 0.391. The van der Waals surface area contributed by atoms with Crippen molar-refractivity contribution in [2.45, 2.75) is 37.6 Å². The van der Waals surface area contributed by atoms with Gasteiger partial charge in [0.25, 0.3) is 0 Å². The molecule has 0 bridgehead atoms. The number of carbonyl (C=O) groups excluding carboxylic acids is 2. The maximum absolute atomic E-state index is 12.5. The van der Waals surface area contributed by atoms with Gasteiger partial charge < -0.3 is 16.0 Å². The Hall–Kier alpha value is -2.66. The van der Waals surface area contributed by atoms with Crippen molar-refractivity contribution < 1.29 is 9.59 Å². The molecule has 2 aromatic rings. The second-order valence-corrected chi connectivity index (χ2v) is 7.79. The predicted molar refractivity (Wildman–Crippen MR) is 110 cm³/mol. The quantitative estimate of drug-likeness (QED) is 0.725. The number of rotatable bonds is 6. The minimum atomic E-state index is -0.00581. The molecule has 4 rings (SSSR count). The highest BCUT2D eigenvalue weighted by Gasteiger charge is 2.39. The summed E-state index contributed by atoms with van der Waals surface area (Å²) in [4.78, 5) is 25.1. The van der Waals surface area contributed by atoms with Gasteiger partial charge in [-0.25, -0.2) is 0 Å². The smallest absolute Gasteiger partial charge is 0.228 e. The first-order valence-corrected chi connectivity index (χ1v) is 10.1. The minimum absolute atomic E-state index is 0.00413. The molecule has 5 heteroatoms. The molecular formula is C23H27N3O2. The lowest BCUT2D eigenvalue weighted by molar-refractivity contribution is -0.121. The molecule has 2 aliphatic rings. The Labute approximate surface area is 165 Å². The van der Waals surface area contributed by atoms with E-state index in [0.717, 1.165) is 43.6 Å². The van der Waals surface area contributed by atoms with Gasteiger partial charge in [-0.05, 0) is 43.0 Å². The molecule has 28 heavy (non-hydrogen) atoms. The maximum Gasteiger partial charge on any atom is 0.228 e. The molecule has 3 N–H and O–H groups in total. The zero-order valence-electron chi connectivity index (χ0n) is 16.0. The Morgan fingerprint density at radius 3 is 2.61 bits per heavy atom. The van der Waals surface area contributed by atoms with Crippen LogP contribution in [0.2, 0.25) is 0 Å². The van der Waals surface area contributed by atoms with Gasteiger partial charge in [-0.15, -0.1) is 0 Å². The summed E-state index contributed by atoms with van der Waals surface area (Å²) < 4.78 is 0. The van der Waals surface area contributed by atoms with Gasteiger partial charge in [0.05, 0.1) is 12.3 Å². The Bertz CT molecular complexity index is 831. The average molecular weight is 377 g/mol. The molecule has 146 valence electrons. The van der Waals surface area contributed by atoms with E-state index in [9.17, 15) is 9.59 Å². The van der Waals surface area contributed by atoms with Gasteiger partial charge in [0.1, 0.15) is 0 Å². The van der Waals surface area contributed by atoms with Crippen molar-refractivity contribution in [3.05, 3.63) is 65.7 Å². The number of benzene rings is 2. The third-order valence-electron chi connectivity index (χ3n) is 5.66. The predicted octanol–water partition coefficient (Wildman–Crippen LogP) is 2.84. The van der Waals surface area contributed by atoms with E-state index in [2.05, 4.69) is 28.1 Å². The minimum Gasteiger partial charge on any atom is -0.352 e. The number of piperidine rings is 1. The van der Waals surface area contributed by atoms with E-state index in [1.807, 2.05) is 42.5 Å². The van der Waals surface area contributed by atoms with Crippen molar-refractivity contribution in [2.24, 2.45) is 5.92 Å². The Kier molecular flexibility index (Phi) is 5.72.